The lowest BCUT2D eigenvalue weighted by molar-refractivity contribution is -0.140. The van der Waals surface area contributed by atoms with E-state index in [2.05, 4.69) is 5.32 Å². The van der Waals surface area contributed by atoms with Gasteiger partial charge >= 0.3 is 0 Å². The van der Waals surface area contributed by atoms with Gasteiger partial charge in [-0.25, -0.2) is 12.8 Å². The van der Waals surface area contributed by atoms with Gasteiger partial charge in [0.1, 0.15) is 29.9 Å². The van der Waals surface area contributed by atoms with Crippen LogP contribution in [0.4, 0.5) is 10.1 Å². The van der Waals surface area contributed by atoms with Gasteiger partial charge in [0.05, 0.1) is 26.2 Å². The fourth-order valence-electron chi connectivity index (χ4n) is 3.45. The van der Waals surface area contributed by atoms with E-state index in [-0.39, 0.29) is 23.5 Å². The Morgan fingerprint density at radius 2 is 1.72 bits per heavy atom. The van der Waals surface area contributed by atoms with Crippen molar-refractivity contribution < 1.29 is 31.9 Å². The van der Waals surface area contributed by atoms with Gasteiger partial charge in [0, 0.05) is 23.7 Å². The van der Waals surface area contributed by atoms with Crippen molar-refractivity contribution in [2.24, 2.45) is 0 Å². The summed E-state index contributed by atoms with van der Waals surface area (Å²) >= 11 is 0. The molecule has 0 aromatic heterocycles. The van der Waals surface area contributed by atoms with E-state index in [0.29, 0.717) is 5.75 Å². The maximum atomic E-state index is 14.5. The monoisotopic (exact) mass is 523 g/mol. The first kappa shape index (κ1) is 28.9. The topological polar surface area (TPSA) is 105 Å². The molecule has 2 amide bonds. The summed E-state index contributed by atoms with van der Waals surface area (Å²) in [5.74, 6) is -1.09. The molecule has 1 N–H and O–H groups in total. The summed E-state index contributed by atoms with van der Waals surface area (Å²) in [7, 11) is -1.14. The number of carbonyl (C=O) groups excluding carboxylic acids is 2. The molecule has 2 aromatic rings. The van der Waals surface area contributed by atoms with E-state index in [1.165, 1.54) is 57.5 Å². The number of sulfonamides is 1. The average molecular weight is 524 g/mol. The first-order chi connectivity index (χ1) is 16.7. The van der Waals surface area contributed by atoms with Gasteiger partial charge in [0.25, 0.3) is 0 Å². The van der Waals surface area contributed by atoms with Crippen molar-refractivity contribution in [2.75, 3.05) is 31.3 Å². The summed E-state index contributed by atoms with van der Waals surface area (Å²) < 4.78 is 51.3. The summed E-state index contributed by atoms with van der Waals surface area (Å²) in [6.45, 7) is 6.02. The van der Waals surface area contributed by atoms with Crippen LogP contribution < -0.4 is 19.1 Å². The number of amides is 2. The van der Waals surface area contributed by atoms with Crippen molar-refractivity contribution in [3.05, 3.63) is 53.8 Å². The number of anilines is 1. The number of rotatable bonds is 10. The highest BCUT2D eigenvalue weighted by Crippen LogP contribution is 2.33. The number of ether oxygens (including phenoxy) is 2. The number of methoxy groups -OCH3 is 2. The Kier molecular flexibility index (Phi) is 9.31. The Balaban J connectivity index is 2.49. The van der Waals surface area contributed by atoms with Crippen LogP contribution >= 0.6 is 0 Å². The van der Waals surface area contributed by atoms with E-state index in [4.69, 9.17) is 9.47 Å². The molecule has 0 radical (unpaired) electrons. The highest BCUT2D eigenvalue weighted by atomic mass is 32.2. The van der Waals surface area contributed by atoms with Gasteiger partial charge in [0.15, 0.2) is 0 Å². The maximum absolute atomic E-state index is 14.5. The van der Waals surface area contributed by atoms with E-state index < -0.39 is 45.8 Å². The lowest BCUT2D eigenvalue weighted by Crippen LogP contribution is -2.54. The largest absolute Gasteiger partial charge is 0.497 e. The average Bonchev–Trinajstić information content (AvgIpc) is 2.79. The molecule has 0 bridgehead atoms. The van der Waals surface area contributed by atoms with Crippen molar-refractivity contribution in [3.8, 4) is 11.5 Å². The van der Waals surface area contributed by atoms with Gasteiger partial charge in [-0.05, 0) is 45.9 Å². The Morgan fingerprint density at radius 1 is 1.08 bits per heavy atom. The molecule has 0 fully saturated rings. The van der Waals surface area contributed by atoms with Gasteiger partial charge < -0.3 is 19.7 Å². The third-order valence-electron chi connectivity index (χ3n) is 5.30. The normalized spacial score (nSPS) is 12.4. The fourth-order valence-corrected chi connectivity index (χ4v) is 4.31. The first-order valence-electron chi connectivity index (χ1n) is 11.2. The zero-order valence-corrected chi connectivity index (χ0v) is 22.5. The Labute approximate surface area is 212 Å². The molecule has 1 atom stereocenters. The first-order valence-corrected chi connectivity index (χ1v) is 13.1. The van der Waals surface area contributed by atoms with Crippen molar-refractivity contribution in [3.63, 3.8) is 0 Å². The van der Waals surface area contributed by atoms with Crippen LogP contribution in [0, 0.1) is 5.82 Å². The SMILES string of the molecule is COc1ccc(N(CC(=O)N(Cc2ccccc2F)[C@@H](C)C(=O)NC(C)(C)C)S(C)(=O)=O)c(OC)c1. The van der Waals surface area contributed by atoms with Crippen LogP contribution in [-0.4, -0.2) is 63.7 Å². The molecule has 36 heavy (non-hydrogen) atoms. The van der Waals surface area contributed by atoms with Crippen molar-refractivity contribution in [1.82, 2.24) is 10.2 Å². The fraction of sp³-hybridized carbons (Fsp3) is 0.440. The molecular weight excluding hydrogens is 489 g/mol. The van der Waals surface area contributed by atoms with Gasteiger partial charge in [-0.2, -0.15) is 0 Å². The maximum Gasteiger partial charge on any atom is 0.244 e. The smallest absolute Gasteiger partial charge is 0.244 e. The second kappa shape index (κ2) is 11.6. The number of nitrogens with zero attached hydrogens (tertiary/aromatic N) is 2. The van der Waals surface area contributed by atoms with Gasteiger partial charge in [-0.1, -0.05) is 18.2 Å². The number of hydrogen-bond acceptors (Lipinski definition) is 6. The van der Waals surface area contributed by atoms with Crippen LogP contribution in [0.1, 0.15) is 33.3 Å². The van der Waals surface area contributed by atoms with E-state index in [1.54, 1.807) is 26.8 Å². The predicted molar refractivity (Wildman–Crippen MR) is 136 cm³/mol. The summed E-state index contributed by atoms with van der Waals surface area (Å²) in [6, 6.07) is 9.37. The molecule has 0 saturated carbocycles. The van der Waals surface area contributed by atoms with Crippen LogP contribution in [-0.2, 0) is 26.2 Å². The second-order valence-electron chi connectivity index (χ2n) is 9.34. The zero-order valence-electron chi connectivity index (χ0n) is 21.7. The lowest BCUT2D eigenvalue weighted by Gasteiger charge is -2.33. The summed E-state index contributed by atoms with van der Waals surface area (Å²) in [4.78, 5) is 27.7. The highest BCUT2D eigenvalue weighted by molar-refractivity contribution is 7.92. The van der Waals surface area contributed by atoms with Crippen LogP contribution in [0.15, 0.2) is 42.5 Å². The molecule has 0 heterocycles. The number of benzene rings is 2. The molecule has 9 nitrogen and oxygen atoms in total. The zero-order chi connectivity index (χ0) is 27.3. The van der Waals surface area contributed by atoms with Crippen molar-refractivity contribution in [1.29, 1.82) is 0 Å². The Hall–Kier alpha value is -3.34. The minimum absolute atomic E-state index is 0.117. The molecule has 2 aromatic carbocycles. The van der Waals surface area contributed by atoms with Crippen molar-refractivity contribution >= 4 is 27.5 Å². The molecule has 11 heteroatoms. The molecule has 198 valence electrons. The van der Waals surface area contributed by atoms with E-state index in [9.17, 15) is 22.4 Å². The van der Waals surface area contributed by atoms with Crippen LogP contribution in [0.25, 0.3) is 0 Å². The molecule has 0 saturated heterocycles. The van der Waals surface area contributed by atoms with Crippen LogP contribution in [0.3, 0.4) is 0 Å². The molecule has 0 spiro atoms. The number of halogens is 1. The summed E-state index contributed by atoms with van der Waals surface area (Å²) in [6.07, 6.45) is 0.959. The molecule has 0 aliphatic carbocycles. The Morgan fingerprint density at radius 3 is 2.25 bits per heavy atom. The molecule has 2 rings (SSSR count). The molecule has 0 aliphatic rings. The van der Waals surface area contributed by atoms with Crippen LogP contribution in [0.5, 0.6) is 11.5 Å². The van der Waals surface area contributed by atoms with Gasteiger partial charge in [0.2, 0.25) is 21.8 Å². The van der Waals surface area contributed by atoms with E-state index in [1.807, 2.05) is 0 Å². The third-order valence-corrected chi connectivity index (χ3v) is 6.43. The number of nitrogens with one attached hydrogen (secondary N) is 1. The lowest BCUT2D eigenvalue weighted by atomic mass is 10.1. The second-order valence-corrected chi connectivity index (χ2v) is 11.2. The minimum Gasteiger partial charge on any atom is -0.497 e. The third kappa shape index (κ3) is 7.58. The number of hydrogen-bond donors (Lipinski definition) is 1. The molecule has 0 aliphatic heterocycles. The van der Waals surface area contributed by atoms with E-state index >= 15 is 0 Å². The molecular formula is C25H34FN3O6S. The van der Waals surface area contributed by atoms with Crippen molar-refractivity contribution in [2.45, 2.75) is 45.8 Å². The summed E-state index contributed by atoms with van der Waals surface area (Å²) in [5.41, 5.74) is -0.270. The predicted octanol–water partition coefficient (Wildman–Crippen LogP) is 2.94. The van der Waals surface area contributed by atoms with Gasteiger partial charge in [-0.15, -0.1) is 0 Å². The standard InChI is InChI=1S/C25H34FN3O6S/c1-17(24(31)27-25(2,3)4)28(15-18-10-8-9-11-20(18)26)23(30)16-29(36(7,32)33)21-13-12-19(34-5)14-22(21)35-6/h8-14,17H,15-16H2,1-7H3,(H,27,31)/t17-/m0/s1. The Bertz CT molecular complexity index is 1200. The number of carbonyl (C=O) groups is 2. The van der Waals surface area contributed by atoms with Crippen LogP contribution in [0.2, 0.25) is 0 Å². The highest BCUT2D eigenvalue weighted by Gasteiger charge is 2.32. The quantitative estimate of drug-likeness (QED) is 0.514. The van der Waals surface area contributed by atoms with E-state index in [0.717, 1.165) is 15.5 Å². The van der Waals surface area contributed by atoms with Gasteiger partial charge in [-0.3, -0.25) is 13.9 Å². The molecule has 0 unspecified atom stereocenters. The minimum atomic E-state index is -3.96. The summed E-state index contributed by atoms with van der Waals surface area (Å²) in [5, 5.41) is 2.81.